The van der Waals surface area contributed by atoms with Gasteiger partial charge in [-0.15, -0.1) is 0 Å². The highest BCUT2D eigenvalue weighted by Gasteiger charge is 2.79. The first-order valence-electron chi connectivity index (χ1n) is 5.93. The maximum atomic E-state index is 6.10. The normalized spacial score (nSPS) is 77.2. The Hall–Kier alpha value is -0.160. The van der Waals surface area contributed by atoms with Crippen LogP contribution in [0.2, 0.25) is 0 Å². The quantitative estimate of drug-likeness (QED) is 0.635. The van der Waals surface area contributed by atoms with Crippen LogP contribution < -0.4 is 5.32 Å². The van der Waals surface area contributed by atoms with Gasteiger partial charge in [-0.2, -0.15) is 0 Å². The molecular weight excluding hydrogens is 194 g/mol. The Labute approximate surface area is 88.3 Å². The van der Waals surface area contributed by atoms with Gasteiger partial charge in [0.05, 0.1) is 0 Å². The van der Waals surface area contributed by atoms with E-state index in [1.165, 1.54) is 6.42 Å². The zero-order valence-electron chi connectivity index (χ0n) is 8.90. The van der Waals surface area contributed by atoms with Gasteiger partial charge in [-0.1, -0.05) is 0 Å². The van der Waals surface area contributed by atoms with Crippen LogP contribution in [-0.2, 0) is 14.2 Å². The molecule has 5 rings (SSSR count). The molecule has 15 heavy (non-hydrogen) atoms. The zero-order chi connectivity index (χ0) is 10.00. The van der Waals surface area contributed by atoms with Crippen LogP contribution in [0.1, 0.15) is 20.3 Å². The van der Waals surface area contributed by atoms with Crippen molar-refractivity contribution in [2.75, 3.05) is 0 Å². The van der Waals surface area contributed by atoms with Crippen LogP contribution >= 0.6 is 0 Å². The summed E-state index contributed by atoms with van der Waals surface area (Å²) in [5.74, 6) is 1.57. The Morgan fingerprint density at radius 1 is 1.00 bits per heavy atom. The summed E-state index contributed by atoms with van der Waals surface area (Å²) in [6.07, 6.45) is 1.58. The highest BCUT2D eigenvalue weighted by Crippen LogP contribution is 2.70. The van der Waals surface area contributed by atoms with E-state index in [2.05, 4.69) is 19.2 Å². The van der Waals surface area contributed by atoms with Crippen LogP contribution in [0, 0.1) is 23.7 Å². The van der Waals surface area contributed by atoms with Gasteiger partial charge in [0.2, 0.25) is 0 Å². The molecule has 4 nitrogen and oxygen atoms in total. The van der Waals surface area contributed by atoms with Gasteiger partial charge in [-0.25, -0.2) is 0 Å². The molecule has 8 unspecified atom stereocenters. The molecule has 0 spiro atoms. The topological polar surface area (TPSA) is 39.7 Å². The summed E-state index contributed by atoms with van der Waals surface area (Å²) < 4.78 is 18.2. The first-order chi connectivity index (χ1) is 7.11. The van der Waals surface area contributed by atoms with Crippen molar-refractivity contribution in [3.05, 3.63) is 0 Å². The second-order valence-corrected chi connectivity index (χ2v) is 5.99. The minimum atomic E-state index is -0.401. The predicted molar refractivity (Wildman–Crippen MR) is 49.4 cm³/mol. The fourth-order valence-corrected chi connectivity index (χ4v) is 5.09. The number of hydrogen-bond donors (Lipinski definition) is 1. The van der Waals surface area contributed by atoms with Crippen molar-refractivity contribution in [2.45, 2.75) is 44.3 Å². The lowest BCUT2D eigenvalue weighted by Gasteiger charge is -2.37. The summed E-state index contributed by atoms with van der Waals surface area (Å²) in [5.41, 5.74) is 0. The predicted octanol–water partition coefficient (Wildman–Crippen LogP) is 0.633. The molecule has 5 fully saturated rings. The van der Waals surface area contributed by atoms with E-state index in [-0.39, 0.29) is 12.5 Å². The standard InChI is InChI=1S/C11H15NO3/c1-10-6-4-3-5-7(6)11(2,15-10)14-9(5)12-8(4)13-10/h4-9,12H,3H2,1-2H3. The van der Waals surface area contributed by atoms with E-state index in [4.69, 9.17) is 14.2 Å². The van der Waals surface area contributed by atoms with Crippen LogP contribution in [-0.4, -0.2) is 24.0 Å². The molecule has 0 aromatic rings. The molecular formula is C11H15NO3. The van der Waals surface area contributed by atoms with Gasteiger partial charge in [-0.05, 0) is 20.3 Å². The van der Waals surface area contributed by atoms with Gasteiger partial charge >= 0.3 is 0 Å². The third kappa shape index (κ3) is 0.622. The molecule has 1 N–H and O–H groups in total. The Bertz CT molecular complexity index is 343. The Kier molecular flexibility index (Phi) is 1.00. The number of piperidine rings is 1. The van der Waals surface area contributed by atoms with E-state index in [0.29, 0.717) is 23.7 Å². The molecule has 0 amide bonds. The van der Waals surface area contributed by atoms with Gasteiger partial charge in [-0.3, -0.25) is 5.32 Å². The molecule has 8 atom stereocenters. The monoisotopic (exact) mass is 209 g/mol. The van der Waals surface area contributed by atoms with Crippen molar-refractivity contribution < 1.29 is 14.2 Å². The third-order valence-corrected chi connectivity index (χ3v) is 5.30. The molecule has 1 aliphatic carbocycles. The summed E-state index contributed by atoms with van der Waals surface area (Å²) in [6, 6.07) is 0. The van der Waals surface area contributed by atoms with E-state index in [1.807, 2.05) is 0 Å². The smallest absolute Gasteiger partial charge is 0.174 e. The van der Waals surface area contributed by atoms with Crippen LogP contribution in [0.5, 0.6) is 0 Å². The average Bonchev–Trinajstić information content (AvgIpc) is 2.70. The second-order valence-electron chi connectivity index (χ2n) is 5.99. The lowest BCUT2D eigenvalue weighted by molar-refractivity contribution is -0.336. The van der Waals surface area contributed by atoms with Crippen LogP contribution in [0.15, 0.2) is 0 Å². The molecule has 4 heterocycles. The van der Waals surface area contributed by atoms with E-state index < -0.39 is 11.6 Å². The highest BCUT2D eigenvalue weighted by molar-refractivity contribution is 5.18. The summed E-state index contributed by atoms with van der Waals surface area (Å²) in [6.45, 7) is 4.17. The minimum absolute atomic E-state index is 0.163. The Morgan fingerprint density at radius 2 is 1.53 bits per heavy atom. The molecule has 4 aliphatic heterocycles. The van der Waals surface area contributed by atoms with Gasteiger partial charge < -0.3 is 14.2 Å². The summed E-state index contributed by atoms with van der Waals surface area (Å²) in [4.78, 5) is 0. The van der Waals surface area contributed by atoms with Crippen molar-refractivity contribution in [3.63, 3.8) is 0 Å². The summed E-state index contributed by atoms with van der Waals surface area (Å²) >= 11 is 0. The molecule has 82 valence electrons. The van der Waals surface area contributed by atoms with Crippen LogP contribution in [0.4, 0.5) is 0 Å². The van der Waals surface area contributed by atoms with E-state index in [9.17, 15) is 0 Å². The van der Waals surface area contributed by atoms with Gasteiger partial charge in [0.1, 0.15) is 12.5 Å². The van der Waals surface area contributed by atoms with Gasteiger partial charge in [0.25, 0.3) is 0 Å². The van der Waals surface area contributed by atoms with Gasteiger partial charge in [0, 0.05) is 23.7 Å². The largest absolute Gasteiger partial charge is 0.331 e. The second kappa shape index (κ2) is 1.88. The average molecular weight is 209 g/mol. The van der Waals surface area contributed by atoms with Crippen LogP contribution in [0.3, 0.4) is 0 Å². The van der Waals surface area contributed by atoms with Crippen molar-refractivity contribution in [1.29, 1.82) is 0 Å². The van der Waals surface area contributed by atoms with Crippen molar-refractivity contribution in [3.8, 4) is 0 Å². The SMILES string of the molecule is CC12OC3NC4OC(C)(O1)C1C4CC3C12. The highest BCUT2D eigenvalue weighted by atomic mass is 16.8. The Balaban J connectivity index is 1.80. The van der Waals surface area contributed by atoms with Gasteiger partial charge in [0.15, 0.2) is 11.6 Å². The molecule has 4 saturated heterocycles. The van der Waals surface area contributed by atoms with Crippen molar-refractivity contribution in [1.82, 2.24) is 5.32 Å². The zero-order valence-corrected chi connectivity index (χ0v) is 8.90. The van der Waals surface area contributed by atoms with Crippen molar-refractivity contribution in [2.24, 2.45) is 23.7 Å². The minimum Gasteiger partial charge on any atom is -0.331 e. The first kappa shape index (κ1) is 8.01. The fraction of sp³-hybridized carbons (Fsp3) is 1.00. The summed E-state index contributed by atoms with van der Waals surface area (Å²) in [7, 11) is 0. The number of nitrogens with one attached hydrogen (secondary N) is 1. The number of rotatable bonds is 0. The lowest BCUT2D eigenvalue weighted by Crippen LogP contribution is -2.52. The Morgan fingerprint density at radius 3 is 2.07 bits per heavy atom. The number of hydrogen-bond acceptors (Lipinski definition) is 4. The van der Waals surface area contributed by atoms with E-state index in [1.54, 1.807) is 0 Å². The number of ether oxygens (including phenoxy) is 3. The van der Waals surface area contributed by atoms with Crippen LogP contribution in [0.25, 0.3) is 0 Å². The first-order valence-corrected chi connectivity index (χ1v) is 5.93. The molecule has 2 bridgehead atoms. The fourth-order valence-electron chi connectivity index (χ4n) is 5.09. The van der Waals surface area contributed by atoms with E-state index >= 15 is 0 Å². The van der Waals surface area contributed by atoms with E-state index in [0.717, 1.165) is 0 Å². The van der Waals surface area contributed by atoms with Crippen molar-refractivity contribution >= 4 is 0 Å². The third-order valence-electron chi connectivity index (χ3n) is 5.30. The molecule has 1 saturated carbocycles. The molecule has 0 aromatic carbocycles. The molecule has 0 aromatic heterocycles. The summed E-state index contributed by atoms with van der Waals surface area (Å²) in [5, 5.41) is 3.48. The maximum absolute atomic E-state index is 6.10. The molecule has 0 radical (unpaired) electrons. The molecule has 4 heteroatoms. The molecule has 5 aliphatic rings. The maximum Gasteiger partial charge on any atom is 0.174 e. The lowest BCUT2D eigenvalue weighted by atomic mass is 9.83.